The van der Waals surface area contributed by atoms with Crippen LogP contribution in [0.2, 0.25) is 0 Å². The molecule has 0 aliphatic carbocycles. The Kier molecular flexibility index (Phi) is 7.27. The third-order valence-corrected chi connectivity index (χ3v) is 8.36. The summed E-state index contributed by atoms with van der Waals surface area (Å²) in [5, 5.41) is 1.39. The monoisotopic (exact) mass is 692 g/mol. The number of benzene rings is 4. The van der Waals surface area contributed by atoms with Crippen molar-refractivity contribution in [1.82, 2.24) is 0 Å². The molecular weight excluding hydrogens is 672 g/mol. The minimum Gasteiger partial charge on any atom is -0.455 e. The molecule has 0 spiro atoms. The number of carbonyl (C=O) groups excluding carboxylic acids is 8. The first-order valence-corrected chi connectivity index (χ1v) is 15.5. The number of carbonyl (C=O) groups is 8. The molecule has 252 valence electrons. The molecule has 52 heavy (non-hydrogen) atoms. The zero-order valence-corrected chi connectivity index (χ0v) is 26.4. The Morgan fingerprint density at radius 1 is 0.327 bits per heavy atom. The molecule has 4 aliphatic heterocycles. The Balaban J connectivity index is 1.12. The van der Waals surface area contributed by atoms with Crippen molar-refractivity contribution in [2.75, 3.05) is 19.6 Å². The van der Waals surface area contributed by atoms with Gasteiger partial charge in [0.25, 0.3) is 47.3 Å². The normalized spacial score (nSPS) is 16.7. The summed E-state index contributed by atoms with van der Waals surface area (Å²) in [6, 6.07) is 18.6. The topological polar surface area (TPSA) is 168 Å². The lowest BCUT2D eigenvalue weighted by Gasteiger charge is -2.22. The smallest absolute Gasteiger partial charge is 0.258 e. The average Bonchev–Trinajstić information content (AvgIpc) is 3.86. The van der Waals surface area contributed by atoms with Gasteiger partial charge in [-0.15, -0.1) is 0 Å². The zero-order chi connectivity index (χ0) is 36.3. The SMILES string of the molecule is O=C1C=CC(=O)N1c1ccc(Oc2ccc3ccc(Oc4ccc(N5C(=O)C=CC5=O)cc4N4C(=O)C=CC4=O)cc3c2)c(N2C(=O)C=CC2=O)c1. The second kappa shape index (κ2) is 12.0. The van der Waals surface area contributed by atoms with Gasteiger partial charge in [-0.05, 0) is 71.4 Å². The molecule has 4 aliphatic rings. The van der Waals surface area contributed by atoms with Gasteiger partial charge in [-0.2, -0.15) is 0 Å². The first kappa shape index (κ1) is 31.5. The number of hydrogen-bond donors (Lipinski definition) is 0. The van der Waals surface area contributed by atoms with Gasteiger partial charge in [-0.1, -0.05) is 12.1 Å². The maximum atomic E-state index is 12.7. The van der Waals surface area contributed by atoms with Crippen LogP contribution in [-0.4, -0.2) is 47.3 Å². The summed E-state index contributed by atoms with van der Waals surface area (Å²) in [4.78, 5) is 104. The van der Waals surface area contributed by atoms with E-state index in [0.29, 0.717) is 16.9 Å². The van der Waals surface area contributed by atoms with E-state index in [1.54, 1.807) is 36.4 Å². The van der Waals surface area contributed by atoms with E-state index in [4.69, 9.17) is 9.47 Å². The Hall–Kier alpha value is -7.74. The Labute approximate surface area is 292 Å². The number of ether oxygens (including phenoxy) is 2. The first-order valence-electron chi connectivity index (χ1n) is 15.5. The molecule has 4 aromatic rings. The van der Waals surface area contributed by atoms with Crippen LogP contribution in [0, 0.1) is 0 Å². The summed E-state index contributed by atoms with van der Waals surface area (Å²) in [6.45, 7) is 0. The van der Waals surface area contributed by atoms with E-state index >= 15 is 0 Å². The van der Waals surface area contributed by atoms with Crippen molar-refractivity contribution in [3.63, 3.8) is 0 Å². The minimum atomic E-state index is -0.639. The van der Waals surface area contributed by atoms with Gasteiger partial charge in [-0.3, -0.25) is 38.4 Å². The van der Waals surface area contributed by atoms with Gasteiger partial charge in [0.1, 0.15) is 11.5 Å². The molecule has 8 rings (SSSR count). The fraction of sp³-hybridized carbons (Fsp3) is 0. The summed E-state index contributed by atoms with van der Waals surface area (Å²) >= 11 is 0. The summed E-state index contributed by atoms with van der Waals surface area (Å²) in [6.07, 6.45) is 8.83. The Morgan fingerprint density at radius 3 is 1.00 bits per heavy atom. The summed E-state index contributed by atoms with van der Waals surface area (Å²) < 4.78 is 12.3. The Bertz CT molecular complexity index is 2270. The molecule has 0 unspecified atom stereocenters. The third kappa shape index (κ3) is 5.32. The molecule has 14 heteroatoms. The highest BCUT2D eigenvalue weighted by atomic mass is 16.5. The average molecular weight is 693 g/mol. The van der Waals surface area contributed by atoms with Gasteiger partial charge in [-0.25, -0.2) is 19.6 Å². The Morgan fingerprint density at radius 2 is 0.654 bits per heavy atom. The lowest BCUT2D eigenvalue weighted by atomic mass is 10.1. The highest BCUT2D eigenvalue weighted by molar-refractivity contribution is 6.32. The van der Waals surface area contributed by atoms with Gasteiger partial charge in [0, 0.05) is 48.6 Å². The van der Waals surface area contributed by atoms with Crippen molar-refractivity contribution in [3.05, 3.63) is 121 Å². The van der Waals surface area contributed by atoms with Crippen LogP contribution in [0.15, 0.2) is 121 Å². The van der Waals surface area contributed by atoms with E-state index in [2.05, 4.69) is 0 Å². The number of rotatable bonds is 8. The molecule has 4 heterocycles. The quantitative estimate of drug-likeness (QED) is 0.245. The van der Waals surface area contributed by atoms with Crippen molar-refractivity contribution >= 4 is 80.8 Å². The lowest BCUT2D eigenvalue weighted by Crippen LogP contribution is -2.32. The van der Waals surface area contributed by atoms with E-state index in [1.807, 2.05) is 0 Å². The largest absolute Gasteiger partial charge is 0.455 e. The minimum absolute atomic E-state index is 0.00626. The molecule has 0 atom stereocenters. The summed E-state index contributed by atoms with van der Waals surface area (Å²) in [5.74, 6) is -4.14. The molecular formula is C38H20N4O10. The second-order valence-electron chi connectivity index (χ2n) is 11.6. The van der Waals surface area contributed by atoms with Crippen LogP contribution in [-0.2, 0) is 38.4 Å². The van der Waals surface area contributed by atoms with E-state index in [-0.39, 0.29) is 34.2 Å². The molecule has 14 nitrogen and oxygen atoms in total. The number of amides is 8. The summed E-state index contributed by atoms with van der Waals surface area (Å²) in [7, 11) is 0. The van der Waals surface area contributed by atoms with Crippen LogP contribution >= 0.6 is 0 Å². The van der Waals surface area contributed by atoms with Crippen LogP contribution in [0.4, 0.5) is 22.7 Å². The molecule has 8 amide bonds. The molecule has 0 saturated carbocycles. The fourth-order valence-corrected chi connectivity index (χ4v) is 5.98. The molecule has 4 aromatic carbocycles. The van der Waals surface area contributed by atoms with Crippen molar-refractivity contribution in [1.29, 1.82) is 0 Å². The van der Waals surface area contributed by atoms with E-state index in [0.717, 1.165) is 73.6 Å². The standard InChI is InChI=1S/C38H20N4O10/c43-31-9-10-32(44)39(31)23-3-7-29(27(19-23)41-35(47)13-14-36(41)48)51-25-5-1-21-2-6-26(18-22(21)17-25)52-30-8-4-24(40-33(45)11-12-34(40)46)20-28(30)42-37(49)15-16-38(42)50/h1-20H. The highest BCUT2D eigenvalue weighted by Crippen LogP contribution is 2.41. The predicted octanol–water partition coefficient (Wildman–Crippen LogP) is 4.14. The second-order valence-corrected chi connectivity index (χ2v) is 11.6. The molecule has 0 N–H and O–H groups in total. The third-order valence-electron chi connectivity index (χ3n) is 8.36. The van der Waals surface area contributed by atoms with Crippen LogP contribution in [0.1, 0.15) is 0 Å². The van der Waals surface area contributed by atoms with Crippen LogP contribution in [0.5, 0.6) is 23.0 Å². The fourth-order valence-electron chi connectivity index (χ4n) is 5.98. The number of fused-ring (bicyclic) bond motifs is 1. The van der Waals surface area contributed by atoms with Crippen LogP contribution < -0.4 is 29.1 Å². The maximum absolute atomic E-state index is 12.7. The first-order chi connectivity index (χ1) is 25.0. The van der Waals surface area contributed by atoms with Gasteiger partial charge in [0.2, 0.25) is 0 Å². The number of imide groups is 4. The van der Waals surface area contributed by atoms with Crippen LogP contribution in [0.25, 0.3) is 10.8 Å². The van der Waals surface area contributed by atoms with Gasteiger partial charge in [0.15, 0.2) is 11.5 Å². The van der Waals surface area contributed by atoms with E-state index in [9.17, 15) is 38.4 Å². The zero-order valence-electron chi connectivity index (χ0n) is 26.4. The van der Waals surface area contributed by atoms with Gasteiger partial charge in [0.05, 0.1) is 22.7 Å². The van der Waals surface area contributed by atoms with Gasteiger partial charge < -0.3 is 9.47 Å². The molecule has 0 aromatic heterocycles. The molecule has 0 radical (unpaired) electrons. The predicted molar refractivity (Wildman–Crippen MR) is 184 cm³/mol. The van der Waals surface area contributed by atoms with Gasteiger partial charge >= 0.3 is 0 Å². The van der Waals surface area contributed by atoms with Crippen molar-refractivity contribution < 1.29 is 47.8 Å². The number of hydrogen-bond acceptors (Lipinski definition) is 10. The van der Waals surface area contributed by atoms with E-state index in [1.165, 1.54) is 36.4 Å². The molecule has 0 saturated heterocycles. The van der Waals surface area contributed by atoms with Crippen molar-refractivity contribution in [2.45, 2.75) is 0 Å². The number of anilines is 4. The highest BCUT2D eigenvalue weighted by Gasteiger charge is 2.33. The maximum Gasteiger partial charge on any atom is 0.258 e. The lowest BCUT2D eigenvalue weighted by molar-refractivity contribution is -0.121. The van der Waals surface area contributed by atoms with Crippen molar-refractivity contribution in [2.24, 2.45) is 0 Å². The summed E-state index contributed by atoms with van der Waals surface area (Å²) in [5.41, 5.74) is 0.274. The number of nitrogens with zero attached hydrogens (tertiary/aromatic N) is 4. The van der Waals surface area contributed by atoms with Crippen LogP contribution in [0.3, 0.4) is 0 Å². The van der Waals surface area contributed by atoms with Crippen molar-refractivity contribution in [3.8, 4) is 23.0 Å². The van der Waals surface area contributed by atoms with E-state index < -0.39 is 47.3 Å². The molecule has 0 fully saturated rings. The molecule has 0 bridgehead atoms.